The lowest BCUT2D eigenvalue weighted by atomic mass is 9.74. The van der Waals surface area contributed by atoms with Crippen LogP contribution in [-0.2, 0) is 6.54 Å². The summed E-state index contributed by atoms with van der Waals surface area (Å²) in [6, 6.07) is 0.667. The smallest absolute Gasteiger partial charge is 0.208 e. The van der Waals surface area contributed by atoms with E-state index in [0.717, 1.165) is 35.7 Å². The van der Waals surface area contributed by atoms with Crippen molar-refractivity contribution in [1.82, 2.24) is 10.3 Å². The summed E-state index contributed by atoms with van der Waals surface area (Å²) in [5, 5.41) is 3.50. The first-order valence-corrected chi connectivity index (χ1v) is 6.22. The zero-order valence-electron chi connectivity index (χ0n) is 10.7. The van der Waals surface area contributed by atoms with Gasteiger partial charge in [-0.3, -0.25) is 0 Å². The Morgan fingerprint density at radius 2 is 2.06 bits per heavy atom. The largest absolute Gasteiger partial charge is 0.444 e. The summed E-state index contributed by atoms with van der Waals surface area (Å²) in [6.07, 6.45) is 2.60. The Balaban J connectivity index is 1.73. The third-order valence-electron chi connectivity index (χ3n) is 3.73. The molecule has 1 fully saturated rings. The van der Waals surface area contributed by atoms with Crippen LogP contribution < -0.4 is 5.32 Å². The van der Waals surface area contributed by atoms with Gasteiger partial charge in [-0.15, -0.1) is 0 Å². The fourth-order valence-electron chi connectivity index (χ4n) is 2.22. The topological polar surface area (TPSA) is 38.1 Å². The van der Waals surface area contributed by atoms with Crippen molar-refractivity contribution in [2.24, 2.45) is 11.8 Å². The number of nitrogens with one attached hydrogen (secondary N) is 1. The standard InChI is InChI=1S/C13H22N2O/c1-8(2)11-5-12(6-11)14-7-13-15-9(3)10(4)16-13/h8,11-12,14H,5-7H2,1-4H3. The van der Waals surface area contributed by atoms with Crippen molar-refractivity contribution < 1.29 is 4.42 Å². The van der Waals surface area contributed by atoms with Gasteiger partial charge < -0.3 is 9.73 Å². The van der Waals surface area contributed by atoms with Crippen molar-refractivity contribution in [3.05, 3.63) is 17.3 Å². The highest BCUT2D eigenvalue weighted by Gasteiger charge is 2.30. The number of rotatable bonds is 4. The minimum absolute atomic E-state index is 0.667. The summed E-state index contributed by atoms with van der Waals surface area (Å²) >= 11 is 0. The van der Waals surface area contributed by atoms with E-state index < -0.39 is 0 Å². The molecule has 0 atom stereocenters. The molecular formula is C13H22N2O. The Morgan fingerprint density at radius 3 is 2.56 bits per heavy atom. The molecule has 1 aliphatic rings. The molecule has 1 aromatic rings. The Hall–Kier alpha value is -0.830. The maximum Gasteiger partial charge on any atom is 0.208 e. The van der Waals surface area contributed by atoms with Crippen LogP contribution in [0.5, 0.6) is 0 Å². The van der Waals surface area contributed by atoms with Crippen molar-refractivity contribution in [2.75, 3.05) is 0 Å². The third kappa shape index (κ3) is 2.46. The van der Waals surface area contributed by atoms with Crippen molar-refractivity contribution >= 4 is 0 Å². The van der Waals surface area contributed by atoms with Crippen LogP contribution >= 0.6 is 0 Å². The fourth-order valence-corrected chi connectivity index (χ4v) is 2.22. The van der Waals surface area contributed by atoms with Crippen molar-refractivity contribution in [3.8, 4) is 0 Å². The van der Waals surface area contributed by atoms with Gasteiger partial charge in [-0.05, 0) is 38.5 Å². The van der Waals surface area contributed by atoms with E-state index in [-0.39, 0.29) is 0 Å². The van der Waals surface area contributed by atoms with Crippen LogP contribution in [0.2, 0.25) is 0 Å². The van der Waals surface area contributed by atoms with Gasteiger partial charge >= 0.3 is 0 Å². The van der Waals surface area contributed by atoms with Crippen molar-refractivity contribution in [3.63, 3.8) is 0 Å². The summed E-state index contributed by atoms with van der Waals surface area (Å²) in [6.45, 7) is 9.33. The molecule has 0 radical (unpaired) electrons. The van der Waals surface area contributed by atoms with Crippen LogP contribution in [-0.4, -0.2) is 11.0 Å². The number of aryl methyl sites for hydroxylation is 2. The van der Waals surface area contributed by atoms with E-state index in [9.17, 15) is 0 Å². The molecule has 1 saturated carbocycles. The highest BCUT2D eigenvalue weighted by atomic mass is 16.4. The van der Waals surface area contributed by atoms with Crippen LogP contribution in [0.25, 0.3) is 0 Å². The average molecular weight is 222 g/mol. The Bertz CT molecular complexity index is 331. The van der Waals surface area contributed by atoms with Gasteiger partial charge in [0.25, 0.3) is 0 Å². The number of hydrogen-bond donors (Lipinski definition) is 1. The zero-order valence-corrected chi connectivity index (χ0v) is 10.7. The summed E-state index contributed by atoms with van der Waals surface area (Å²) in [7, 11) is 0. The quantitative estimate of drug-likeness (QED) is 0.851. The number of oxazole rings is 1. The maximum atomic E-state index is 5.53. The zero-order chi connectivity index (χ0) is 11.7. The molecule has 3 heteroatoms. The molecule has 90 valence electrons. The highest BCUT2D eigenvalue weighted by Crippen LogP contribution is 2.33. The maximum absolute atomic E-state index is 5.53. The van der Waals surface area contributed by atoms with Crippen LogP contribution in [0, 0.1) is 25.7 Å². The lowest BCUT2D eigenvalue weighted by Gasteiger charge is -2.38. The Labute approximate surface area is 97.6 Å². The van der Waals surface area contributed by atoms with Gasteiger partial charge in [0.2, 0.25) is 5.89 Å². The van der Waals surface area contributed by atoms with E-state index in [1.807, 2.05) is 13.8 Å². The molecule has 3 nitrogen and oxygen atoms in total. The van der Waals surface area contributed by atoms with Gasteiger partial charge in [0, 0.05) is 6.04 Å². The molecule has 16 heavy (non-hydrogen) atoms. The average Bonchev–Trinajstić information content (AvgIpc) is 2.43. The second kappa shape index (κ2) is 4.58. The molecule has 0 aromatic carbocycles. The molecule has 1 aliphatic carbocycles. The lowest BCUT2D eigenvalue weighted by Crippen LogP contribution is -2.42. The normalized spacial score (nSPS) is 24.8. The van der Waals surface area contributed by atoms with Gasteiger partial charge in [0.05, 0.1) is 12.2 Å². The first kappa shape index (κ1) is 11.6. The second-order valence-corrected chi connectivity index (χ2v) is 5.30. The molecule has 0 aliphatic heterocycles. The van der Waals surface area contributed by atoms with Gasteiger partial charge in [-0.25, -0.2) is 4.98 Å². The molecule has 1 aromatic heterocycles. The van der Waals surface area contributed by atoms with E-state index in [2.05, 4.69) is 24.1 Å². The number of aromatic nitrogens is 1. The molecular weight excluding hydrogens is 200 g/mol. The molecule has 0 saturated heterocycles. The van der Waals surface area contributed by atoms with Crippen LogP contribution in [0.15, 0.2) is 4.42 Å². The van der Waals surface area contributed by atoms with Crippen LogP contribution in [0.3, 0.4) is 0 Å². The molecule has 1 heterocycles. The predicted octanol–water partition coefficient (Wildman–Crippen LogP) is 2.82. The minimum atomic E-state index is 0.667. The van der Waals surface area contributed by atoms with E-state index in [1.165, 1.54) is 12.8 Å². The predicted molar refractivity (Wildman–Crippen MR) is 64.2 cm³/mol. The second-order valence-electron chi connectivity index (χ2n) is 5.30. The highest BCUT2D eigenvalue weighted by molar-refractivity contribution is 5.05. The monoisotopic (exact) mass is 222 g/mol. The van der Waals surface area contributed by atoms with E-state index in [0.29, 0.717) is 6.04 Å². The molecule has 0 bridgehead atoms. The van der Waals surface area contributed by atoms with Gasteiger partial charge in [-0.2, -0.15) is 0 Å². The van der Waals surface area contributed by atoms with Crippen molar-refractivity contribution in [1.29, 1.82) is 0 Å². The van der Waals surface area contributed by atoms with E-state index >= 15 is 0 Å². The van der Waals surface area contributed by atoms with Gasteiger partial charge in [0.1, 0.15) is 5.76 Å². The molecule has 0 spiro atoms. The first-order chi connectivity index (χ1) is 7.56. The van der Waals surface area contributed by atoms with E-state index in [4.69, 9.17) is 4.42 Å². The summed E-state index contributed by atoms with van der Waals surface area (Å²) < 4.78 is 5.53. The third-order valence-corrected chi connectivity index (χ3v) is 3.73. The molecule has 0 amide bonds. The number of nitrogens with zero attached hydrogens (tertiary/aromatic N) is 1. The molecule has 1 N–H and O–H groups in total. The fraction of sp³-hybridized carbons (Fsp3) is 0.769. The van der Waals surface area contributed by atoms with Gasteiger partial charge in [0.15, 0.2) is 0 Å². The SMILES string of the molecule is Cc1nc(CNC2CC(C(C)C)C2)oc1C. The van der Waals surface area contributed by atoms with Gasteiger partial charge in [-0.1, -0.05) is 13.8 Å². The minimum Gasteiger partial charge on any atom is -0.444 e. The Morgan fingerprint density at radius 1 is 1.38 bits per heavy atom. The van der Waals surface area contributed by atoms with Crippen LogP contribution in [0.4, 0.5) is 0 Å². The lowest BCUT2D eigenvalue weighted by molar-refractivity contribution is 0.164. The van der Waals surface area contributed by atoms with Crippen molar-refractivity contribution in [2.45, 2.75) is 53.1 Å². The molecule has 0 unspecified atom stereocenters. The number of hydrogen-bond acceptors (Lipinski definition) is 3. The molecule has 2 rings (SSSR count). The summed E-state index contributed by atoms with van der Waals surface area (Å²) in [4.78, 5) is 4.37. The summed E-state index contributed by atoms with van der Waals surface area (Å²) in [5.74, 6) is 3.49. The van der Waals surface area contributed by atoms with Crippen LogP contribution in [0.1, 0.15) is 44.0 Å². The first-order valence-electron chi connectivity index (χ1n) is 6.22. The Kier molecular flexibility index (Phi) is 3.33. The van der Waals surface area contributed by atoms with E-state index in [1.54, 1.807) is 0 Å². The summed E-state index contributed by atoms with van der Waals surface area (Å²) in [5.41, 5.74) is 1.01.